The molecule has 0 unspecified atom stereocenters. The number of halogens is 3. The Kier molecular flexibility index (Phi) is 5.80. The van der Waals surface area contributed by atoms with Gasteiger partial charge in [0, 0.05) is 43.6 Å². The van der Waals surface area contributed by atoms with Gasteiger partial charge in [-0.1, -0.05) is 0 Å². The van der Waals surface area contributed by atoms with Gasteiger partial charge in [-0.3, -0.25) is 4.79 Å². The second kappa shape index (κ2) is 8.79. The van der Waals surface area contributed by atoms with E-state index in [-0.39, 0.29) is 29.0 Å². The molecule has 3 N–H and O–H groups in total. The van der Waals surface area contributed by atoms with Gasteiger partial charge < -0.3 is 25.1 Å². The van der Waals surface area contributed by atoms with E-state index in [2.05, 4.69) is 14.7 Å². The highest BCUT2D eigenvalue weighted by atomic mass is 19.4. The van der Waals surface area contributed by atoms with Crippen LogP contribution in [0.25, 0.3) is 11.2 Å². The van der Waals surface area contributed by atoms with Crippen molar-refractivity contribution in [2.75, 3.05) is 32.0 Å². The zero-order valence-electron chi connectivity index (χ0n) is 18.3. The first-order chi connectivity index (χ1) is 16.3. The van der Waals surface area contributed by atoms with Crippen molar-refractivity contribution in [3.05, 3.63) is 47.4 Å². The molecule has 2 aliphatic heterocycles. The van der Waals surface area contributed by atoms with Crippen LogP contribution in [0.2, 0.25) is 0 Å². The fourth-order valence-electron chi connectivity index (χ4n) is 4.72. The largest absolute Gasteiger partial charge is 0.573 e. The van der Waals surface area contributed by atoms with Crippen molar-refractivity contribution in [1.29, 1.82) is 0 Å². The number of nitrogens with zero attached hydrogens (tertiary/aromatic N) is 3. The second-order valence-electron chi connectivity index (χ2n) is 8.64. The van der Waals surface area contributed by atoms with Crippen LogP contribution in [0.15, 0.2) is 30.5 Å². The van der Waals surface area contributed by atoms with Gasteiger partial charge in [0.2, 0.25) is 0 Å². The number of aromatic nitrogens is 3. The Balaban J connectivity index is 1.28. The molecule has 1 atom stereocenters. The summed E-state index contributed by atoms with van der Waals surface area (Å²) < 4.78 is 46.6. The summed E-state index contributed by atoms with van der Waals surface area (Å²) in [5.74, 6) is 0.598. The van der Waals surface area contributed by atoms with Gasteiger partial charge in [0.05, 0.1) is 12.2 Å². The predicted molar refractivity (Wildman–Crippen MR) is 117 cm³/mol. The van der Waals surface area contributed by atoms with Crippen LogP contribution in [0.3, 0.4) is 0 Å². The molecule has 5 rings (SSSR count). The number of anilines is 1. The summed E-state index contributed by atoms with van der Waals surface area (Å²) in [6, 6.07) is 5.38. The number of aromatic amines is 1. The number of fused-ring (bicyclic) bond motifs is 1. The van der Waals surface area contributed by atoms with E-state index in [4.69, 9.17) is 15.5 Å². The normalized spacial score (nSPS) is 19.6. The average Bonchev–Trinajstić information content (AvgIpc) is 3.47. The summed E-state index contributed by atoms with van der Waals surface area (Å²) in [4.78, 5) is 27.2. The molecule has 2 aromatic heterocycles. The third-order valence-corrected chi connectivity index (χ3v) is 6.46. The molecule has 34 heavy (non-hydrogen) atoms. The lowest BCUT2D eigenvalue weighted by molar-refractivity contribution is -0.274. The minimum absolute atomic E-state index is 0.0512. The van der Waals surface area contributed by atoms with E-state index in [9.17, 15) is 18.0 Å². The van der Waals surface area contributed by atoms with Crippen LogP contribution in [-0.4, -0.2) is 58.4 Å². The Labute approximate surface area is 193 Å². The van der Waals surface area contributed by atoms with E-state index in [0.717, 1.165) is 60.6 Å². The molecule has 0 saturated carbocycles. The molecule has 2 aliphatic rings. The van der Waals surface area contributed by atoms with E-state index in [0.29, 0.717) is 19.7 Å². The van der Waals surface area contributed by atoms with Gasteiger partial charge in [0.15, 0.2) is 5.65 Å². The Hall–Kier alpha value is -3.34. The van der Waals surface area contributed by atoms with Crippen LogP contribution < -0.4 is 10.5 Å². The molecule has 4 heterocycles. The highest BCUT2D eigenvalue weighted by Crippen LogP contribution is 2.34. The van der Waals surface area contributed by atoms with Crippen LogP contribution >= 0.6 is 0 Å². The van der Waals surface area contributed by atoms with Gasteiger partial charge in [0.25, 0.3) is 5.91 Å². The molecule has 3 aromatic rings. The Bertz CT molecular complexity index is 1200. The maximum absolute atomic E-state index is 13.0. The number of hydrogen-bond acceptors (Lipinski definition) is 6. The van der Waals surface area contributed by atoms with E-state index in [1.165, 1.54) is 6.07 Å². The number of rotatable bonds is 4. The number of carbonyl (C=O) groups excluding carboxylic acids is 1. The third-order valence-electron chi connectivity index (χ3n) is 6.46. The summed E-state index contributed by atoms with van der Waals surface area (Å²) in [7, 11) is 0. The number of likely N-dealkylation sites (tertiary alicyclic amines) is 1. The molecule has 0 bridgehead atoms. The molecule has 0 radical (unpaired) electrons. The number of H-pyrrole nitrogens is 1. The van der Waals surface area contributed by atoms with Gasteiger partial charge in [-0.25, -0.2) is 9.97 Å². The number of nitrogens with two attached hydrogens (primary N) is 1. The van der Waals surface area contributed by atoms with Crippen molar-refractivity contribution in [3.8, 4) is 5.75 Å². The number of imidazole rings is 1. The average molecular weight is 475 g/mol. The standard InChI is InChI=1S/C23H24F3N5O3/c24-23(25,26)34-15-1-2-17(18(27)11-15)22(32)31-8-4-13(5-9-31)16-3-7-28-21-19(16)29-20(30-21)14-6-10-33-12-14/h1-3,7,11,13-14H,4-6,8-10,12,27H2,(H,28,29,30)/t14-/m0/s1. The Morgan fingerprint density at radius 2 is 1.97 bits per heavy atom. The first-order valence-corrected chi connectivity index (χ1v) is 11.2. The molecule has 11 heteroatoms. The first-order valence-electron chi connectivity index (χ1n) is 11.2. The molecule has 1 aromatic carbocycles. The highest BCUT2D eigenvalue weighted by Gasteiger charge is 2.32. The van der Waals surface area contributed by atoms with Crippen molar-refractivity contribution < 1.29 is 27.4 Å². The smallest absolute Gasteiger partial charge is 0.406 e. The zero-order chi connectivity index (χ0) is 23.9. The van der Waals surface area contributed by atoms with Gasteiger partial charge in [-0.2, -0.15) is 0 Å². The maximum atomic E-state index is 13.0. The lowest BCUT2D eigenvalue weighted by atomic mass is 9.89. The second-order valence-corrected chi connectivity index (χ2v) is 8.64. The quantitative estimate of drug-likeness (QED) is 0.554. The number of benzene rings is 1. The minimum Gasteiger partial charge on any atom is -0.406 e. The van der Waals surface area contributed by atoms with Crippen LogP contribution in [0.1, 0.15) is 52.8 Å². The van der Waals surface area contributed by atoms with Crippen molar-refractivity contribution in [3.63, 3.8) is 0 Å². The molecule has 2 fully saturated rings. The van der Waals surface area contributed by atoms with Crippen molar-refractivity contribution >= 4 is 22.8 Å². The number of nitrogen functional groups attached to an aromatic ring is 1. The van der Waals surface area contributed by atoms with Crippen LogP contribution in [0, 0.1) is 0 Å². The molecule has 0 spiro atoms. The predicted octanol–water partition coefficient (Wildman–Crippen LogP) is 3.96. The molecular formula is C23H24F3N5O3. The third kappa shape index (κ3) is 4.52. The number of carbonyl (C=O) groups is 1. The van der Waals surface area contributed by atoms with Gasteiger partial charge in [0.1, 0.15) is 17.1 Å². The van der Waals surface area contributed by atoms with E-state index in [1.807, 2.05) is 6.07 Å². The minimum atomic E-state index is -4.82. The van der Waals surface area contributed by atoms with Crippen molar-refractivity contribution in [1.82, 2.24) is 19.9 Å². The fourth-order valence-corrected chi connectivity index (χ4v) is 4.72. The van der Waals surface area contributed by atoms with Gasteiger partial charge in [-0.05, 0) is 48.9 Å². The number of alkyl halides is 3. The summed E-state index contributed by atoms with van der Waals surface area (Å²) in [6.45, 7) is 2.39. The van der Waals surface area contributed by atoms with Gasteiger partial charge >= 0.3 is 6.36 Å². The lowest BCUT2D eigenvalue weighted by Gasteiger charge is -2.32. The number of piperidine rings is 1. The number of ether oxygens (including phenoxy) is 2. The fraction of sp³-hybridized carbons (Fsp3) is 0.435. The number of nitrogens with one attached hydrogen (secondary N) is 1. The molecule has 180 valence electrons. The summed E-state index contributed by atoms with van der Waals surface area (Å²) in [6.07, 6.45) is -0.655. The van der Waals surface area contributed by atoms with E-state index < -0.39 is 12.1 Å². The Morgan fingerprint density at radius 1 is 1.18 bits per heavy atom. The van der Waals surface area contributed by atoms with Crippen LogP contribution in [0.5, 0.6) is 5.75 Å². The van der Waals surface area contributed by atoms with Crippen molar-refractivity contribution in [2.24, 2.45) is 0 Å². The topological polar surface area (TPSA) is 106 Å². The van der Waals surface area contributed by atoms with Crippen molar-refractivity contribution in [2.45, 2.75) is 37.5 Å². The van der Waals surface area contributed by atoms with Crippen LogP contribution in [0.4, 0.5) is 18.9 Å². The van der Waals surface area contributed by atoms with E-state index in [1.54, 1.807) is 11.1 Å². The van der Waals surface area contributed by atoms with Gasteiger partial charge in [-0.15, -0.1) is 13.2 Å². The summed E-state index contributed by atoms with van der Waals surface area (Å²) >= 11 is 0. The number of amides is 1. The lowest BCUT2D eigenvalue weighted by Crippen LogP contribution is -2.38. The summed E-state index contributed by atoms with van der Waals surface area (Å²) in [5.41, 5.74) is 8.69. The van der Waals surface area contributed by atoms with E-state index >= 15 is 0 Å². The molecule has 0 aliphatic carbocycles. The summed E-state index contributed by atoms with van der Waals surface area (Å²) in [5, 5.41) is 0. The molecule has 8 nitrogen and oxygen atoms in total. The molecular weight excluding hydrogens is 451 g/mol. The maximum Gasteiger partial charge on any atom is 0.573 e. The molecule has 2 saturated heterocycles. The number of pyridine rings is 1. The SMILES string of the molecule is Nc1cc(OC(F)(F)F)ccc1C(=O)N1CCC(c2ccnc3[nH]c([C@H]4CCOC4)nc23)CC1. The van der Waals surface area contributed by atoms with Crippen LogP contribution in [-0.2, 0) is 4.74 Å². The molecule has 1 amide bonds. The Morgan fingerprint density at radius 3 is 2.65 bits per heavy atom. The highest BCUT2D eigenvalue weighted by molar-refractivity contribution is 5.99. The monoisotopic (exact) mass is 475 g/mol. The zero-order valence-corrected chi connectivity index (χ0v) is 18.3. The number of hydrogen-bond donors (Lipinski definition) is 2. The first kappa shape index (κ1) is 22.5.